The number of aliphatic carboxylic acids is 1. The van der Waals surface area contributed by atoms with Crippen molar-refractivity contribution in [2.24, 2.45) is 17.4 Å². The summed E-state index contributed by atoms with van der Waals surface area (Å²) < 4.78 is 0. The largest absolute Gasteiger partial charge is 0.480 e. The molecule has 0 aromatic carbocycles. The standard InChI is InChI=1S/C19H31N7O7/c1-3-9(2)15(18(31)24-12(19(32)33)5-14(21)28)26-17(30)13(7-27)25-16(29)11(20)4-10-6-22-8-23-10/h6,8-9,11-13,15,27H,3-5,7,20H2,1-2H3,(H2,21,28)(H,22,23)(H,24,31)(H,25,29)(H,26,30)(H,32,33). The SMILES string of the molecule is CCC(C)C(NC(=O)C(CO)NC(=O)C(N)Cc1cnc[nH]1)C(=O)NC(CC(N)=O)C(=O)O. The summed E-state index contributed by atoms with van der Waals surface area (Å²) in [5, 5.41) is 25.7. The maximum atomic E-state index is 12.7. The molecule has 5 atom stereocenters. The summed E-state index contributed by atoms with van der Waals surface area (Å²) in [4.78, 5) is 66.6. The normalized spacial score (nSPS) is 15.4. The predicted molar refractivity (Wildman–Crippen MR) is 114 cm³/mol. The highest BCUT2D eigenvalue weighted by Gasteiger charge is 2.33. The molecule has 5 unspecified atom stereocenters. The van der Waals surface area contributed by atoms with Crippen LogP contribution in [0.5, 0.6) is 0 Å². The van der Waals surface area contributed by atoms with Gasteiger partial charge in [-0.1, -0.05) is 20.3 Å². The van der Waals surface area contributed by atoms with Gasteiger partial charge in [0.25, 0.3) is 0 Å². The first-order valence-electron chi connectivity index (χ1n) is 10.3. The number of primary amides is 1. The second kappa shape index (κ2) is 13.1. The van der Waals surface area contributed by atoms with Gasteiger partial charge in [-0.05, 0) is 5.92 Å². The molecule has 0 spiro atoms. The number of carbonyl (C=O) groups excluding carboxylic acids is 4. The lowest BCUT2D eigenvalue weighted by Gasteiger charge is -2.27. The van der Waals surface area contributed by atoms with Gasteiger partial charge in [0.15, 0.2) is 0 Å². The van der Waals surface area contributed by atoms with Crippen molar-refractivity contribution in [3.8, 4) is 0 Å². The Labute approximate surface area is 189 Å². The van der Waals surface area contributed by atoms with Crippen molar-refractivity contribution in [2.75, 3.05) is 6.61 Å². The molecule has 14 heteroatoms. The highest BCUT2D eigenvalue weighted by molar-refractivity contribution is 5.95. The number of rotatable bonds is 14. The summed E-state index contributed by atoms with van der Waals surface area (Å²) in [6, 6.07) is -5.23. The number of imidazole rings is 1. The van der Waals surface area contributed by atoms with Gasteiger partial charge in [0, 0.05) is 18.3 Å². The average Bonchev–Trinajstić information content (AvgIpc) is 3.26. The number of aromatic amines is 1. The second-order valence-electron chi connectivity index (χ2n) is 7.57. The number of carboxylic acids is 1. The zero-order chi connectivity index (χ0) is 25.1. The molecule has 0 bridgehead atoms. The van der Waals surface area contributed by atoms with E-state index in [1.54, 1.807) is 13.8 Å². The Balaban J connectivity index is 2.85. The number of aliphatic hydroxyl groups excluding tert-OH is 1. The van der Waals surface area contributed by atoms with Crippen LogP contribution >= 0.6 is 0 Å². The van der Waals surface area contributed by atoms with Crippen LogP contribution in [-0.4, -0.2) is 80.6 Å². The van der Waals surface area contributed by atoms with E-state index in [1.165, 1.54) is 12.5 Å². The summed E-state index contributed by atoms with van der Waals surface area (Å²) in [6.07, 6.45) is 2.81. The third-order valence-electron chi connectivity index (χ3n) is 4.96. The molecule has 0 fully saturated rings. The van der Waals surface area contributed by atoms with Gasteiger partial charge in [0.05, 0.1) is 25.4 Å². The van der Waals surface area contributed by atoms with Crippen LogP contribution in [0.2, 0.25) is 0 Å². The average molecular weight is 469 g/mol. The number of hydrogen-bond donors (Lipinski definition) is 8. The number of hydrogen-bond acceptors (Lipinski definition) is 8. The van der Waals surface area contributed by atoms with Crippen molar-refractivity contribution < 1.29 is 34.2 Å². The number of H-pyrrole nitrogens is 1. The molecule has 1 rings (SSSR count). The van der Waals surface area contributed by atoms with Crippen LogP contribution < -0.4 is 27.4 Å². The fraction of sp³-hybridized carbons (Fsp3) is 0.579. The van der Waals surface area contributed by atoms with Crippen LogP contribution in [0.3, 0.4) is 0 Å². The summed E-state index contributed by atoms with van der Waals surface area (Å²) in [6.45, 7) is 2.61. The maximum Gasteiger partial charge on any atom is 0.326 e. The Morgan fingerprint density at radius 1 is 1.09 bits per heavy atom. The van der Waals surface area contributed by atoms with E-state index in [0.29, 0.717) is 12.1 Å². The third-order valence-corrected chi connectivity index (χ3v) is 4.96. The van der Waals surface area contributed by atoms with Crippen LogP contribution in [0.25, 0.3) is 0 Å². The van der Waals surface area contributed by atoms with E-state index in [2.05, 4.69) is 25.9 Å². The Kier molecular flexibility index (Phi) is 10.9. The Morgan fingerprint density at radius 3 is 2.21 bits per heavy atom. The molecule has 0 saturated heterocycles. The van der Waals surface area contributed by atoms with Crippen LogP contribution in [-0.2, 0) is 30.4 Å². The van der Waals surface area contributed by atoms with Crippen molar-refractivity contribution in [1.82, 2.24) is 25.9 Å². The van der Waals surface area contributed by atoms with E-state index < -0.39 is 72.7 Å². The van der Waals surface area contributed by atoms with Crippen molar-refractivity contribution >= 4 is 29.6 Å². The number of amides is 4. The minimum Gasteiger partial charge on any atom is -0.480 e. The maximum absolute atomic E-state index is 12.7. The number of aliphatic hydroxyl groups is 1. The van der Waals surface area contributed by atoms with Gasteiger partial charge in [0.2, 0.25) is 23.6 Å². The first-order valence-corrected chi connectivity index (χ1v) is 10.3. The van der Waals surface area contributed by atoms with Crippen molar-refractivity contribution in [3.05, 3.63) is 18.2 Å². The highest BCUT2D eigenvalue weighted by Crippen LogP contribution is 2.09. The molecular weight excluding hydrogens is 438 g/mol. The predicted octanol–water partition coefficient (Wildman–Crippen LogP) is -3.27. The Morgan fingerprint density at radius 2 is 1.73 bits per heavy atom. The lowest BCUT2D eigenvalue weighted by atomic mass is 9.97. The molecule has 1 heterocycles. The number of nitrogens with two attached hydrogens (primary N) is 2. The van der Waals surface area contributed by atoms with Gasteiger partial charge in [-0.15, -0.1) is 0 Å². The quantitative estimate of drug-likeness (QED) is 0.136. The van der Waals surface area contributed by atoms with E-state index in [0.717, 1.165) is 0 Å². The van der Waals surface area contributed by atoms with Gasteiger partial charge in [-0.3, -0.25) is 19.2 Å². The van der Waals surface area contributed by atoms with Gasteiger partial charge in [-0.25, -0.2) is 9.78 Å². The zero-order valence-electron chi connectivity index (χ0n) is 18.4. The van der Waals surface area contributed by atoms with Gasteiger partial charge < -0.3 is 42.6 Å². The molecule has 33 heavy (non-hydrogen) atoms. The molecule has 1 aromatic heterocycles. The molecular formula is C19H31N7O7. The van der Waals surface area contributed by atoms with Gasteiger partial charge >= 0.3 is 5.97 Å². The van der Waals surface area contributed by atoms with E-state index in [-0.39, 0.29) is 6.42 Å². The fourth-order valence-corrected chi connectivity index (χ4v) is 2.82. The summed E-state index contributed by atoms with van der Waals surface area (Å²) in [5.74, 6) is -5.29. The molecule has 0 aliphatic rings. The zero-order valence-corrected chi connectivity index (χ0v) is 18.4. The van der Waals surface area contributed by atoms with E-state index >= 15 is 0 Å². The molecule has 184 valence electrons. The van der Waals surface area contributed by atoms with Crippen LogP contribution in [0.4, 0.5) is 0 Å². The lowest BCUT2D eigenvalue weighted by Crippen LogP contribution is -2.59. The van der Waals surface area contributed by atoms with Gasteiger partial charge in [-0.2, -0.15) is 0 Å². The third kappa shape index (κ3) is 8.86. The highest BCUT2D eigenvalue weighted by atomic mass is 16.4. The number of aromatic nitrogens is 2. The first kappa shape index (κ1) is 27.5. The van der Waals surface area contributed by atoms with E-state index in [1.807, 2.05) is 0 Å². The number of nitrogens with zero attached hydrogens (tertiary/aromatic N) is 1. The van der Waals surface area contributed by atoms with E-state index in [9.17, 15) is 34.2 Å². The van der Waals surface area contributed by atoms with Crippen LogP contribution in [0.1, 0.15) is 32.4 Å². The van der Waals surface area contributed by atoms with Crippen molar-refractivity contribution in [2.45, 2.75) is 57.3 Å². The summed E-state index contributed by atoms with van der Waals surface area (Å²) in [7, 11) is 0. The molecule has 4 amide bonds. The van der Waals surface area contributed by atoms with Crippen LogP contribution in [0, 0.1) is 5.92 Å². The lowest BCUT2D eigenvalue weighted by molar-refractivity contribution is -0.144. The molecule has 0 saturated carbocycles. The second-order valence-corrected chi connectivity index (χ2v) is 7.57. The molecule has 10 N–H and O–H groups in total. The first-order chi connectivity index (χ1) is 15.5. The number of carbonyl (C=O) groups is 5. The number of carboxylic acid groups (broad SMARTS) is 1. The fourth-order valence-electron chi connectivity index (χ4n) is 2.82. The Hall–Kier alpha value is -3.52. The summed E-state index contributed by atoms with van der Waals surface area (Å²) in [5.41, 5.74) is 11.4. The van der Waals surface area contributed by atoms with Crippen molar-refractivity contribution in [3.63, 3.8) is 0 Å². The molecule has 1 aromatic rings. The molecule has 0 aliphatic heterocycles. The monoisotopic (exact) mass is 469 g/mol. The molecule has 0 radical (unpaired) electrons. The summed E-state index contributed by atoms with van der Waals surface area (Å²) >= 11 is 0. The van der Waals surface area contributed by atoms with Crippen molar-refractivity contribution in [1.29, 1.82) is 0 Å². The smallest absolute Gasteiger partial charge is 0.326 e. The van der Waals surface area contributed by atoms with E-state index in [4.69, 9.17) is 11.5 Å². The van der Waals surface area contributed by atoms with Crippen LogP contribution in [0.15, 0.2) is 12.5 Å². The van der Waals surface area contributed by atoms with Gasteiger partial charge in [0.1, 0.15) is 18.1 Å². The minimum absolute atomic E-state index is 0.111. The molecule has 0 aliphatic carbocycles. The minimum atomic E-state index is -1.58. The Bertz CT molecular complexity index is 830. The molecule has 14 nitrogen and oxygen atoms in total. The topological polar surface area (TPSA) is 243 Å². The number of nitrogens with one attached hydrogen (secondary N) is 4.